The van der Waals surface area contributed by atoms with Gasteiger partial charge in [-0.15, -0.1) is 0 Å². The summed E-state index contributed by atoms with van der Waals surface area (Å²) >= 11 is 0. The Balaban J connectivity index is 1.40. The van der Waals surface area contributed by atoms with Crippen molar-refractivity contribution in [2.45, 2.75) is 39.0 Å². The molecule has 2 aliphatic rings. The highest BCUT2D eigenvalue weighted by Gasteiger charge is 2.26. The molecule has 1 amide bonds. The molecule has 0 unspecified atom stereocenters. The lowest BCUT2D eigenvalue weighted by atomic mass is 9.93. The minimum atomic E-state index is 0.340. The summed E-state index contributed by atoms with van der Waals surface area (Å²) in [5, 5.41) is 0. The van der Waals surface area contributed by atoms with Gasteiger partial charge in [0.25, 0.3) is 0 Å². The molecule has 27 heavy (non-hydrogen) atoms. The van der Waals surface area contributed by atoms with E-state index in [9.17, 15) is 4.79 Å². The van der Waals surface area contributed by atoms with Gasteiger partial charge in [-0.1, -0.05) is 13.3 Å². The Hall–Kier alpha value is -1.89. The largest absolute Gasteiger partial charge is 0.467 e. The topological polar surface area (TPSA) is 61.8 Å². The van der Waals surface area contributed by atoms with E-state index in [4.69, 9.17) is 4.74 Å². The average molecular weight is 376 g/mol. The molecule has 0 bridgehead atoms. The van der Waals surface area contributed by atoms with Gasteiger partial charge < -0.3 is 14.5 Å². The van der Waals surface area contributed by atoms with Gasteiger partial charge in [0.2, 0.25) is 5.91 Å². The lowest BCUT2D eigenvalue weighted by molar-refractivity contribution is -0.134. The number of methoxy groups -OCH3 is 1. The maximum Gasteiger partial charge on any atom is 0.318 e. The molecule has 7 nitrogen and oxygen atoms in total. The molecule has 0 aromatic carbocycles. The minimum Gasteiger partial charge on any atom is -0.467 e. The van der Waals surface area contributed by atoms with Gasteiger partial charge >= 0.3 is 6.01 Å². The molecule has 2 aliphatic heterocycles. The van der Waals surface area contributed by atoms with E-state index in [0.717, 1.165) is 57.9 Å². The number of rotatable bonds is 7. The van der Waals surface area contributed by atoms with Crippen LogP contribution in [0.1, 0.15) is 39.0 Å². The van der Waals surface area contributed by atoms with Gasteiger partial charge in [0, 0.05) is 51.9 Å². The number of hydrogen-bond acceptors (Lipinski definition) is 6. The number of ether oxygens (including phenoxy) is 1. The molecule has 0 radical (unpaired) electrons. The number of nitrogens with zero attached hydrogens (tertiary/aromatic N) is 5. The molecule has 7 heteroatoms. The smallest absolute Gasteiger partial charge is 0.318 e. The van der Waals surface area contributed by atoms with Crippen LogP contribution in [0, 0.1) is 5.92 Å². The first kappa shape index (κ1) is 19.9. The molecule has 3 heterocycles. The fourth-order valence-electron chi connectivity index (χ4n) is 3.95. The van der Waals surface area contributed by atoms with Crippen molar-refractivity contribution in [3.8, 4) is 6.01 Å². The maximum absolute atomic E-state index is 12.7. The normalized spacial score (nSPS) is 19.3. The van der Waals surface area contributed by atoms with Gasteiger partial charge in [-0.3, -0.25) is 9.69 Å². The predicted molar refractivity (Wildman–Crippen MR) is 106 cm³/mol. The van der Waals surface area contributed by atoms with E-state index in [1.54, 1.807) is 13.3 Å². The zero-order valence-corrected chi connectivity index (χ0v) is 16.8. The Morgan fingerprint density at radius 1 is 1.19 bits per heavy atom. The average Bonchev–Trinajstić information content (AvgIpc) is 2.73. The van der Waals surface area contributed by atoms with Gasteiger partial charge in [0.1, 0.15) is 5.82 Å². The zero-order valence-electron chi connectivity index (χ0n) is 16.8. The number of piperazine rings is 1. The summed E-state index contributed by atoms with van der Waals surface area (Å²) in [4.78, 5) is 28.0. The first-order chi connectivity index (χ1) is 13.2. The van der Waals surface area contributed by atoms with Gasteiger partial charge in [0.15, 0.2) is 0 Å². The van der Waals surface area contributed by atoms with Crippen LogP contribution in [-0.4, -0.2) is 78.6 Å². The van der Waals surface area contributed by atoms with Crippen LogP contribution < -0.4 is 9.64 Å². The second-order valence-corrected chi connectivity index (χ2v) is 7.61. The number of carbonyl (C=O) groups is 1. The quantitative estimate of drug-likeness (QED) is 0.727. The lowest BCUT2D eigenvalue weighted by Crippen LogP contribution is -2.49. The maximum atomic E-state index is 12.7. The van der Waals surface area contributed by atoms with Crippen LogP contribution in [0.2, 0.25) is 0 Å². The fourth-order valence-corrected chi connectivity index (χ4v) is 3.95. The molecule has 2 saturated heterocycles. The summed E-state index contributed by atoms with van der Waals surface area (Å²) in [6.45, 7) is 9.10. The summed E-state index contributed by atoms with van der Waals surface area (Å²) in [6.07, 6.45) is 6.99. The molecule has 1 aromatic rings. The van der Waals surface area contributed by atoms with E-state index in [2.05, 4.69) is 31.6 Å². The van der Waals surface area contributed by atoms with Crippen LogP contribution in [0.15, 0.2) is 12.3 Å². The molecule has 0 atom stereocenters. The molecular formula is C20H33N5O2. The van der Waals surface area contributed by atoms with E-state index >= 15 is 0 Å². The third-order valence-electron chi connectivity index (χ3n) is 5.76. The highest BCUT2D eigenvalue weighted by molar-refractivity contribution is 5.76. The highest BCUT2D eigenvalue weighted by Crippen LogP contribution is 2.25. The number of anilines is 1. The van der Waals surface area contributed by atoms with Crippen molar-refractivity contribution < 1.29 is 9.53 Å². The molecule has 3 rings (SSSR count). The van der Waals surface area contributed by atoms with E-state index in [1.165, 1.54) is 19.4 Å². The summed E-state index contributed by atoms with van der Waals surface area (Å²) in [5.41, 5.74) is 0. The molecule has 0 spiro atoms. The molecule has 1 aromatic heterocycles. The van der Waals surface area contributed by atoms with E-state index < -0.39 is 0 Å². The van der Waals surface area contributed by atoms with Gasteiger partial charge in [-0.2, -0.15) is 4.98 Å². The van der Waals surface area contributed by atoms with E-state index in [1.807, 2.05) is 6.07 Å². The lowest BCUT2D eigenvalue weighted by Gasteiger charge is -2.37. The van der Waals surface area contributed by atoms with Gasteiger partial charge in [-0.05, 0) is 37.8 Å². The number of carbonyl (C=O) groups excluding carboxylic acids is 1. The van der Waals surface area contributed by atoms with Gasteiger partial charge in [-0.25, -0.2) is 4.98 Å². The van der Waals surface area contributed by atoms with Crippen LogP contribution in [0.25, 0.3) is 0 Å². The summed E-state index contributed by atoms with van der Waals surface area (Å²) in [6, 6.07) is 2.33. The molecular weight excluding hydrogens is 342 g/mol. The molecule has 2 fully saturated rings. The zero-order chi connectivity index (χ0) is 19.1. The van der Waals surface area contributed by atoms with Crippen molar-refractivity contribution in [3.05, 3.63) is 12.3 Å². The highest BCUT2D eigenvalue weighted by atomic mass is 16.5. The van der Waals surface area contributed by atoms with Crippen LogP contribution in [0.3, 0.4) is 0 Å². The first-order valence-electron chi connectivity index (χ1n) is 10.3. The number of unbranched alkanes of at least 4 members (excludes halogenated alkanes) is 1. The molecule has 150 valence electrons. The SMILES string of the molecule is CCCCN1CCN(C(=O)CC2CCN(c3ccnc(OC)n3)CC2)CC1. The van der Waals surface area contributed by atoms with Crippen molar-refractivity contribution in [2.24, 2.45) is 5.92 Å². The molecule has 0 saturated carbocycles. The Kier molecular flexibility index (Phi) is 7.26. The van der Waals surface area contributed by atoms with E-state index in [0.29, 0.717) is 24.3 Å². The summed E-state index contributed by atoms with van der Waals surface area (Å²) in [7, 11) is 1.58. The third kappa shape index (κ3) is 5.54. The first-order valence-corrected chi connectivity index (χ1v) is 10.3. The fraction of sp³-hybridized carbons (Fsp3) is 0.750. The van der Waals surface area contributed by atoms with Crippen LogP contribution in [0.4, 0.5) is 5.82 Å². The summed E-state index contributed by atoms with van der Waals surface area (Å²) < 4.78 is 5.11. The third-order valence-corrected chi connectivity index (χ3v) is 5.76. The monoisotopic (exact) mass is 375 g/mol. The van der Waals surface area contributed by atoms with Crippen molar-refractivity contribution >= 4 is 11.7 Å². The van der Waals surface area contributed by atoms with Crippen molar-refractivity contribution in [1.82, 2.24) is 19.8 Å². The minimum absolute atomic E-state index is 0.340. The van der Waals surface area contributed by atoms with Crippen LogP contribution >= 0.6 is 0 Å². The Morgan fingerprint density at radius 3 is 2.59 bits per heavy atom. The standard InChI is InChI=1S/C20H33N5O2/c1-3-4-9-23-12-14-25(15-13-23)19(26)16-17-6-10-24(11-7-17)18-5-8-21-20(22-18)27-2/h5,8,17H,3-4,6-7,9-16H2,1-2H3. The number of hydrogen-bond donors (Lipinski definition) is 0. The Bertz CT molecular complexity index is 596. The number of aromatic nitrogens is 2. The van der Waals surface area contributed by atoms with Crippen molar-refractivity contribution in [3.63, 3.8) is 0 Å². The Morgan fingerprint density at radius 2 is 1.93 bits per heavy atom. The number of amides is 1. The summed E-state index contributed by atoms with van der Waals surface area (Å²) in [5.74, 6) is 1.73. The Labute approximate surface area is 162 Å². The van der Waals surface area contributed by atoms with Gasteiger partial charge in [0.05, 0.1) is 7.11 Å². The second kappa shape index (κ2) is 9.88. The predicted octanol–water partition coefficient (Wildman–Crippen LogP) is 2.04. The molecule has 0 aliphatic carbocycles. The van der Waals surface area contributed by atoms with Crippen LogP contribution in [0.5, 0.6) is 6.01 Å². The van der Waals surface area contributed by atoms with Crippen molar-refractivity contribution in [2.75, 3.05) is 57.8 Å². The van der Waals surface area contributed by atoms with Crippen molar-refractivity contribution in [1.29, 1.82) is 0 Å². The second-order valence-electron chi connectivity index (χ2n) is 7.61. The van der Waals surface area contributed by atoms with E-state index in [-0.39, 0.29) is 0 Å². The molecule has 0 N–H and O–H groups in total. The number of piperidine rings is 1. The van der Waals surface area contributed by atoms with Crippen LogP contribution in [-0.2, 0) is 4.79 Å².